The molecular formula is C21H21N4O3S+. The molecule has 0 bridgehead atoms. The van der Waals surface area contributed by atoms with Crippen LogP contribution in [0.3, 0.4) is 0 Å². The van der Waals surface area contributed by atoms with Gasteiger partial charge in [-0.1, -0.05) is 0 Å². The molecule has 2 N–H and O–H groups in total. The Labute approximate surface area is 172 Å². The number of hydrogen-bond acceptors (Lipinski definition) is 5. The lowest BCUT2D eigenvalue weighted by atomic mass is 10.0. The second-order valence-corrected chi connectivity index (χ2v) is 6.87. The van der Waals surface area contributed by atoms with Crippen LogP contribution in [-0.4, -0.2) is 36.5 Å². The number of aryl methyl sites for hydroxylation is 1. The fraction of sp³-hybridized carbons (Fsp3) is 0.190. The lowest BCUT2D eigenvalue weighted by molar-refractivity contribution is -0.597. The number of nitrogens with one attached hydrogen (secondary N) is 2. The molecule has 0 atom stereocenters. The first-order valence-corrected chi connectivity index (χ1v) is 9.37. The zero-order chi connectivity index (χ0) is 20.5. The Morgan fingerprint density at radius 3 is 2.17 bits per heavy atom. The Bertz CT molecular complexity index is 1250. The first kappa shape index (κ1) is 18.9. The van der Waals surface area contributed by atoms with E-state index >= 15 is 0 Å². The summed E-state index contributed by atoms with van der Waals surface area (Å²) < 4.78 is 18.8. The van der Waals surface area contributed by atoms with Gasteiger partial charge in [-0.25, -0.2) is 5.10 Å². The molecule has 0 aliphatic carbocycles. The van der Waals surface area contributed by atoms with Gasteiger partial charge in [0.2, 0.25) is 0 Å². The Morgan fingerprint density at radius 1 is 0.897 bits per heavy atom. The number of hydrogen-bond donors (Lipinski definition) is 2. The summed E-state index contributed by atoms with van der Waals surface area (Å²) in [7, 11) is 4.91. The zero-order valence-corrected chi connectivity index (χ0v) is 17.4. The molecule has 148 valence electrons. The molecule has 0 unspecified atom stereocenters. The number of methoxy groups -OCH3 is 3. The molecule has 2 aromatic carbocycles. The molecule has 2 heterocycles. The number of aromatic nitrogens is 4. The molecule has 0 radical (unpaired) electrons. The third-order valence-electron chi connectivity index (χ3n) is 4.82. The minimum atomic E-state index is 0.389. The molecule has 0 saturated heterocycles. The van der Waals surface area contributed by atoms with E-state index in [1.165, 1.54) is 0 Å². The van der Waals surface area contributed by atoms with E-state index < -0.39 is 0 Å². The molecule has 7 nitrogen and oxygen atoms in total. The van der Waals surface area contributed by atoms with Crippen molar-refractivity contribution in [2.75, 3.05) is 21.3 Å². The first-order chi connectivity index (χ1) is 14.0. The van der Waals surface area contributed by atoms with Crippen LogP contribution in [0, 0.1) is 11.7 Å². The molecule has 8 heteroatoms. The minimum absolute atomic E-state index is 0.389. The van der Waals surface area contributed by atoms with Crippen molar-refractivity contribution in [3.8, 4) is 34.5 Å². The molecule has 0 fully saturated rings. The fourth-order valence-electron chi connectivity index (χ4n) is 3.48. The fourth-order valence-corrected chi connectivity index (χ4v) is 3.62. The summed E-state index contributed by atoms with van der Waals surface area (Å²) in [6, 6.07) is 13.9. The normalized spacial score (nSPS) is 10.9. The second kappa shape index (κ2) is 7.56. The van der Waals surface area contributed by atoms with Gasteiger partial charge in [0.25, 0.3) is 0 Å². The Morgan fingerprint density at radius 2 is 1.59 bits per heavy atom. The van der Waals surface area contributed by atoms with Gasteiger partial charge in [-0.2, -0.15) is 9.67 Å². The number of benzene rings is 2. The van der Waals surface area contributed by atoms with E-state index in [0.29, 0.717) is 22.2 Å². The number of ether oxygens (including phenoxy) is 3. The van der Waals surface area contributed by atoms with E-state index in [9.17, 15) is 0 Å². The molecule has 0 aliphatic heterocycles. The number of nitrogens with zero attached hydrogens (tertiary/aromatic N) is 2. The number of aromatic amines is 2. The van der Waals surface area contributed by atoms with Crippen LogP contribution in [0.1, 0.15) is 5.69 Å². The van der Waals surface area contributed by atoms with Crippen LogP contribution in [0.25, 0.3) is 28.0 Å². The SMILES string of the molecule is COc1ccc(-c2c3cc(OC)c(OC)cc3cc(C)[n+]2-c2nc(=S)[nH][nH]2)cc1. The quantitative estimate of drug-likeness (QED) is 0.386. The average Bonchev–Trinajstić information content (AvgIpc) is 3.17. The monoisotopic (exact) mass is 409 g/mol. The van der Waals surface area contributed by atoms with Crippen LogP contribution in [-0.2, 0) is 0 Å². The third kappa shape index (κ3) is 3.31. The van der Waals surface area contributed by atoms with Gasteiger partial charge in [-0.05, 0) is 72.0 Å². The molecule has 0 saturated carbocycles. The van der Waals surface area contributed by atoms with Crippen molar-refractivity contribution in [3.05, 3.63) is 52.9 Å². The first-order valence-electron chi connectivity index (χ1n) is 8.96. The smallest absolute Gasteiger partial charge is 0.422 e. The Kier molecular flexibility index (Phi) is 4.94. The topological polar surface area (TPSA) is 76.0 Å². The van der Waals surface area contributed by atoms with Gasteiger partial charge in [0.1, 0.15) is 11.4 Å². The van der Waals surface area contributed by atoms with Crippen molar-refractivity contribution in [1.82, 2.24) is 15.2 Å². The number of fused-ring (bicyclic) bond motifs is 1. The maximum Gasteiger partial charge on any atom is 0.422 e. The predicted octanol–water partition coefficient (Wildman–Crippen LogP) is 3.90. The predicted molar refractivity (Wildman–Crippen MR) is 113 cm³/mol. The van der Waals surface area contributed by atoms with Crippen molar-refractivity contribution < 1.29 is 18.8 Å². The number of rotatable bonds is 5. The van der Waals surface area contributed by atoms with Crippen LogP contribution >= 0.6 is 12.2 Å². The van der Waals surface area contributed by atoms with E-state index in [0.717, 1.165) is 33.5 Å². The number of H-pyrrole nitrogens is 2. The molecular weight excluding hydrogens is 388 g/mol. The van der Waals surface area contributed by atoms with E-state index in [2.05, 4.69) is 21.2 Å². The van der Waals surface area contributed by atoms with Crippen LogP contribution < -0.4 is 18.8 Å². The number of pyridine rings is 1. The highest BCUT2D eigenvalue weighted by Gasteiger charge is 2.23. The summed E-state index contributed by atoms with van der Waals surface area (Å²) in [6.07, 6.45) is 0. The van der Waals surface area contributed by atoms with Crippen molar-refractivity contribution in [3.63, 3.8) is 0 Å². The van der Waals surface area contributed by atoms with Crippen molar-refractivity contribution in [2.24, 2.45) is 0 Å². The maximum atomic E-state index is 5.55. The largest absolute Gasteiger partial charge is 0.497 e. The highest BCUT2D eigenvalue weighted by atomic mass is 32.1. The standard InChI is InChI=1S/C21H20N4O3S/c1-12-9-14-10-17(27-3)18(28-4)11-16(14)19(13-5-7-15(26-2)8-6-13)25(12)20-22-21(29)24-23-20/h5-11H,1-4H3,(H-,22,23,24,29)/p+1. The minimum Gasteiger partial charge on any atom is -0.497 e. The highest BCUT2D eigenvalue weighted by molar-refractivity contribution is 7.71. The molecule has 2 aromatic heterocycles. The van der Waals surface area contributed by atoms with E-state index in [-0.39, 0.29) is 0 Å². The second-order valence-electron chi connectivity index (χ2n) is 6.48. The summed E-state index contributed by atoms with van der Waals surface area (Å²) >= 11 is 5.17. The summed E-state index contributed by atoms with van der Waals surface area (Å²) in [5.41, 5.74) is 2.92. The van der Waals surface area contributed by atoms with Gasteiger partial charge >= 0.3 is 10.7 Å². The maximum absolute atomic E-state index is 5.55. The van der Waals surface area contributed by atoms with Gasteiger partial charge in [0.05, 0.1) is 27.0 Å². The van der Waals surface area contributed by atoms with E-state index in [4.69, 9.17) is 26.4 Å². The lowest BCUT2D eigenvalue weighted by Gasteiger charge is -2.16. The van der Waals surface area contributed by atoms with Crippen molar-refractivity contribution in [1.29, 1.82) is 0 Å². The van der Waals surface area contributed by atoms with Crippen LogP contribution in [0.2, 0.25) is 0 Å². The summed E-state index contributed by atoms with van der Waals surface area (Å²) in [5, 5.41) is 7.94. The molecule has 4 aromatic rings. The van der Waals surface area contributed by atoms with Gasteiger partial charge < -0.3 is 14.2 Å². The van der Waals surface area contributed by atoms with Gasteiger partial charge in [0, 0.05) is 10.9 Å². The summed E-state index contributed by atoms with van der Waals surface area (Å²) in [5.74, 6) is 2.72. The van der Waals surface area contributed by atoms with E-state index in [1.807, 2.05) is 47.9 Å². The zero-order valence-electron chi connectivity index (χ0n) is 16.6. The van der Waals surface area contributed by atoms with Crippen LogP contribution in [0.4, 0.5) is 0 Å². The summed E-state index contributed by atoms with van der Waals surface area (Å²) in [4.78, 5) is 4.43. The molecule has 0 amide bonds. The van der Waals surface area contributed by atoms with Crippen molar-refractivity contribution in [2.45, 2.75) is 6.92 Å². The highest BCUT2D eigenvalue weighted by Crippen LogP contribution is 2.36. The molecule has 4 rings (SSSR count). The van der Waals surface area contributed by atoms with Gasteiger partial charge in [-0.15, -0.1) is 0 Å². The van der Waals surface area contributed by atoms with Crippen LogP contribution in [0.5, 0.6) is 17.2 Å². The van der Waals surface area contributed by atoms with Crippen LogP contribution in [0.15, 0.2) is 42.5 Å². The lowest BCUT2D eigenvalue weighted by Crippen LogP contribution is -2.38. The molecule has 0 aliphatic rings. The molecule has 29 heavy (non-hydrogen) atoms. The Hall–Kier alpha value is -3.39. The molecule has 0 spiro atoms. The Balaban J connectivity index is 2.12. The van der Waals surface area contributed by atoms with Crippen molar-refractivity contribution >= 4 is 23.0 Å². The average molecular weight is 409 g/mol. The van der Waals surface area contributed by atoms with Gasteiger partial charge in [-0.3, -0.25) is 0 Å². The summed E-state index contributed by atoms with van der Waals surface area (Å²) in [6.45, 7) is 2.02. The van der Waals surface area contributed by atoms with Gasteiger partial charge in [0.15, 0.2) is 11.5 Å². The third-order valence-corrected chi connectivity index (χ3v) is 5.01. The van der Waals surface area contributed by atoms with E-state index in [1.54, 1.807) is 21.3 Å².